The number of phenols is 1. The third-order valence-electron chi connectivity index (χ3n) is 4.48. The van der Waals surface area contributed by atoms with Crippen LogP contribution in [-0.4, -0.2) is 30.7 Å². The van der Waals surface area contributed by atoms with E-state index in [1.54, 1.807) is 23.1 Å². The predicted octanol–water partition coefficient (Wildman–Crippen LogP) is 2.75. The van der Waals surface area contributed by atoms with E-state index in [2.05, 4.69) is 10.2 Å². The summed E-state index contributed by atoms with van der Waals surface area (Å²) in [4.78, 5) is 14.6. The molecule has 2 aromatic carbocycles. The largest absolute Gasteiger partial charge is 0.508 e. The van der Waals surface area contributed by atoms with Crippen LogP contribution in [-0.2, 0) is 17.9 Å². The molecule has 0 saturated heterocycles. The van der Waals surface area contributed by atoms with Crippen molar-refractivity contribution in [2.75, 3.05) is 0 Å². The number of carbonyl (C=O) groups excluding carboxylic acids is 1. The zero-order chi connectivity index (χ0) is 17.4. The molecule has 0 radical (unpaired) electrons. The smallest absolute Gasteiger partial charge is 0.246 e. The summed E-state index contributed by atoms with van der Waals surface area (Å²) in [7, 11) is 0. The van der Waals surface area contributed by atoms with Crippen molar-refractivity contribution in [1.29, 1.82) is 0 Å². The molecule has 0 unspecified atom stereocenters. The van der Waals surface area contributed by atoms with Gasteiger partial charge in [0, 0.05) is 12.1 Å². The summed E-state index contributed by atoms with van der Waals surface area (Å²) in [6.07, 6.45) is 0. The zero-order valence-corrected chi connectivity index (χ0v) is 13.8. The summed E-state index contributed by atoms with van der Waals surface area (Å²) in [6, 6.07) is 16.4. The van der Waals surface area contributed by atoms with E-state index in [1.165, 1.54) is 0 Å². The molecule has 0 fully saturated rings. The first-order chi connectivity index (χ1) is 12.1. The maximum atomic E-state index is 12.8. The number of fused-ring (bicyclic) bond motifs is 1. The Morgan fingerprint density at radius 2 is 1.92 bits per heavy atom. The first-order valence-electron chi connectivity index (χ1n) is 8.19. The monoisotopic (exact) mass is 334 g/mol. The fourth-order valence-electron chi connectivity index (χ4n) is 3.24. The van der Waals surface area contributed by atoms with Crippen LogP contribution in [0.25, 0.3) is 11.4 Å². The highest BCUT2D eigenvalue weighted by Crippen LogP contribution is 2.30. The highest BCUT2D eigenvalue weighted by molar-refractivity contribution is 5.82. The van der Waals surface area contributed by atoms with Gasteiger partial charge in [-0.05, 0) is 24.6 Å². The number of nitrogens with zero attached hydrogens (tertiary/aromatic N) is 4. The van der Waals surface area contributed by atoms with Gasteiger partial charge >= 0.3 is 0 Å². The Balaban J connectivity index is 1.67. The van der Waals surface area contributed by atoms with E-state index in [9.17, 15) is 9.90 Å². The lowest BCUT2D eigenvalue weighted by atomic mass is 10.1. The molecule has 1 aromatic heterocycles. The van der Waals surface area contributed by atoms with Gasteiger partial charge in [-0.2, -0.15) is 0 Å². The highest BCUT2D eigenvalue weighted by atomic mass is 16.3. The quantitative estimate of drug-likeness (QED) is 0.799. The van der Waals surface area contributed by atoms with E-state index in [0.717, 1.165) is 17.0 Å². The van der Waals surface area contributed by atoms with Gasteiger partial charge in [0.2, 0.25) is 5.91 Å². The minimum absolute atomic E-state index is 0.0394. The lowest BCUT2D eigenvalue weighted by molar-refractivity contribution is -0.137. The lowest BCUT2D eigenvalue weighted by Crippen LogP contribution is -2.41. The van der Waals surface area contributed by atoms with Gasteiger partial charge in [0.05, 0.1) is 6.54 Å². The average molecular weight is 334 g/mol. The number of benzene rings is 2. The highest BCUT2D eigenvalue weighted by Gasteiger charge is 2.33. The standard InChI is InChI=1S/C19H18N4O2/c1-13-19(25)22(11-14-6-3-2-4-7-14)12-17-20-21-18(23(13)17)15-8-5-9-16(24)10-15/h2-10,13,24H,11-12H2,1H3/t13-/m0/s1. The number of phenolic OH excluding ortho intramolecular Hbond substituents is 1. The molecule has 1 atom stereocenters. The minimum Gasteiger partial charge on any atom is -0.508 e. The second-order valence-corrected chi connectivity index (χ2v) is 6.22. The fourth-order valence-corrected chi connectivity index (χ4v) is 3.24. The number of carbonyl (C=O) groups is 1. The Morgan fingerprint density at radius 1 is 1.12 bits per heavy atom. The van der Waals surface area contributed by atoms with E-state index in [1.807, 2.05) is 47.9 Å². The van der Waals surface area contributed by atoms with Crippen LogP contribution in [0.5, 0.6) is 5.75 Å². The summed E-state index contributed by atoms with van der Waals surface area (Å²) in [6.45, 7) is 2.83. The topological polar surface area (TPSA) is 71.2 Å². The molecule has 1 aliphatic rings. The van der Waals surface area contributed by atoms with Crippen LogP contribution in [0.4, 0.5) is 0 Å². The van der Waals surface area contributed by atoms with Crippen molar-refractivity contribution in [3.05, 3.63) is 66.0 Å². The van der Waals surface area contributed by atoms with Gasteiger partial charge < -0.3 is 10.0 Å². The van der Waals surface area contributed by atoms with Crippen LogP contribution in [0.1, 0.15) is 24.4 Å². The van der Waals surface area contributed by atoms with Crippen LogP contribution < -0.4 is 0 Å². The Bertz CT molecular complexity index is 920. The van der Waals surface area contributed by atoms with E-state index in [-0.39, 0.29) is 17.7 Å². The average Bonchev–Trinajstić information content (AvgIpc) is 3.04. The van der Waals surface area contributed by atoms with Crippen LogP contribution in [0.15, 0.2) is 54.6 Å². The van der Waals surface area contributed by atoms with Crippen LogP contribution >= 0.6 is 0 Å². The summed E-state index contributed by atoms with van der Waals surface area (Å²) in [5.74, 6) is 1.56. The van der Waals surface area contributed by atoms with Crippen LogP contribution in [0, 0.1) is 0 Å². The van der Waals surface area contributed by atoms with Crippen molar-refractivity contribution in [2.24, 2.45) is 0 Å². The Hall–Kier alpha value is -3.15. The van der Waals surface area contributed by atoms with Gasteiger partial charge in [-0.1, -0.05) is 42.5 Å². The normalized spacial score (nSPS) is 16.8. The number of amides is 1. The molecular formula is C19H18N4O2. The number of rotatable bonds is 3. The van der Waals surface area contributed by atoms with E-state index in [0.29, 0.717) is 18.9 Å². The number of aromatic hydroxyl groups is 1. The summed E-state index contributed by atoms with van der Waals surface area (Å²) in [5, 5.41) is 18.2. The van der Waals surface area contributed by atoms with Crippen LogP contribution in [0.2, 0.25) is 0 Å². The molecule has 6 heteroatoms. The molecule has 126 valence electrons. The molecule has 0 aliphatic carbocycles. The first-order valence-corrected chi connectivity index (χ1v) is 8.19. The molecule has 25 heavy (non-hydrogen) atoms. The van der Waals surface area contributed by atoms with Crippen molar-refractivity contribution in [1.82, 2.24) is 19.7 Å². The summed E-state index contributed by atoms with van der Waals surface area (Å²) in [5.41, 5.74) is 1.83. The molecule has 2 heterocycles. The second-order valence-electron chi connectivity index (χ2n) is 6.22. The molecule has 0 bridgehead atoms. The van der Waals surface area contributed by atoms with E-state index < -0.39 is 0 Å². The third kappa shape index (κ3) is 2.76. The lowest BCUT2D eigenvalue weighted by Gasteiger charge is -2.32. The Morgan fingerprint density at radius 3 is 2.68 bits per heavy atom. The SMILES string of the molecule is C[C@H]1C(=O)N(Cc2ccccc2)Cc2nnc(-c3cccc(O)c3)n21. The molecule has 1 amide bonds. The predicted molar refractivity (Wildman–Crippen MR) is 92.5 cm³/mol. The van der Waals surface area contributed by atoms with Gasteiger partial charge in [-0.15, -0.1) is 10.2 Å². The van der Waals surface area contributed by atoms with Gasteiger partial charge in [-0.3, -0.25) is 9.36 Å². The van der Waals surface area contributed by atoms with Crippen molar-refractivity contribution in [3.63, 3.8) is 0 Å². The maximum Gasteiger partial charge on any atom is 0.246 e. The fraction of sp³-hybridized carbons (Fsp3) is 0.211. The maximum absolute atomic E-state index is 12.8. The third-order valence-corrected chi connectivity index (χ3v) is 4.48. The molecule has 3 aromatic rings. The number of hydrogen-bond acceptors (Lipinski definition) is 4. The van der Waals surface area contributed by atoms with Crippen molar-refractivity contribution >= 4 is 5.91 Å². The van der Waals surface area contributed by atoms with Crippen molar-refractivity contribution in [2.45, 2.75) is 26.1 Å². The second kappa shape index (κ2) is 6.05. The first kappa shape index (κ1) is 15.4. The van der Waals surface area contributed by atoms with Gasteiger partial charge in [0.15, 0.2) is 11.6 Å². The molecule has 1 N–H and O–H groups in total. The molecular weight excluding hydrogens is 316 g/mol. The van der Waals surface area contributed by atoms with Crippen LogP contribution in [0.3, 0.4) is 0 Å². The van der Waals surface area contributed by atoms with Gasteiger partial charge in [-0.25, -0.2) is 0 Å². The van der Waals surface area contributed by atoms with Crippen molar-refractivity contribution in [3.8, 4) is 17.1 Å². The summed E-state index contributed by atoms with van der Waals surface area (Å²) >= 11 is 0. The summed E-state index contributed by atoms with van der Waals surface area (Å²) < 4.78 is 1.86. The molecule has 0 saturated carbocycles. The Kier molecular flexibility index (Phi) is 3.72. The molecule has 6 nitrogen and oxygen atoms in total. The number of aromatic nitrogens is 3. The molecule has 4 rings (SSSR count). The Labute approximate surface area is 145 Å². The zero-order valence-electron chi connectivity index (χ0n) is 13.8. The molecule has 0 spiro atoms. The van der Waals surface area contributed by atoms with E-state index in [4.69, 9.17) is 0 Å². The number of hydrogen-bond donors (Lipinski definition) is 1. The van der Waals surface area contributed by atoms with Gasteiger partial charge in [0.25, 0.3) is 0 Å². The molecule has 1 aliphatic heterocycles. The van der Waals surface area contributed by atoms with E-state index >= 15 is 0 Å². The van der Waals surface area contributed by atoms with Crippen molar-refractivity contribution < 1.29 is 9.90 Å². The van der Waals surface area contributed by atoms with Gasteiger partial charge in [0.1, 0.15) is 11.8 Å². The minimum atomic E-state index is -0.389.